The lowest BCUT2D eigenvalue weighted by molar-refractivity contribution is 0.0527. The number of nitrogens with zero attached hydrogens (tertiary/aromatic N) is 1. The van der Waals surface area contributed by atoms with Crippen molar-refractivity contribution in [3.63, 3.8) is 0 Å². The van der Waals surface area contributed by atoms with Crippen LogP contribution in [0.2, 0.25) is 0 Å². The Bertz CT molecular complexity index is 1060. The number of para-hydroxylation sites is 1. The van der Waals surface area contributed by atoms with Gasteiger partial charge in [-0.05, 0) is 37.3 Å². The molecule has 0 bridgehead atoms. The first-order chi connectivity index (χ1) is 14.0. The molecule has 1 aromatic heterocycles. The monoisotopic (exact) mass is 397 g/mol. The van der Waals surface area contributed by atoms with E-state index in [1.54, 1.807) is 31.2 Å². The van der Waals surface area contributed by atoms with Crippen molar-refractivity contribution in [3.05, 3.63) is 83.7 Å². The predicted octanol–water partition coefficient (Wildman–Crippen LogP) is 4.53. The van der Waals surface area contributed by atoms with Crippen molar-refractivity contribution in [1.82, 2.24) is 4.98 Å². The van der Waals surface area contributed by atoms with Crippen LogP contribution in [0.25, 0.3) is 0 Å². The van der Waals surface area contributed by atoms with Crippen molar-refractivity contribution in [2.24, 2.45) is 0 Å². The molecular formula is C21H17F2N3O3. The number of pyridine rings is 1. The van der Waals surface area contributed by atoms with Crippen molar-refractivity contribution in [1.29, 1.82) is 0 Å². The van der Waals surface area contributed by atoms with Crippen LogP contribution >= 0.6 is 0 Å². The summed E-state index contributed by atoms with van der Waals surface area (Å²) in [5.41, 5.74) is 1.59. The first-order valence-corrected chi connectivity index (χ1v) is 8.72. The van der Waals surface area contributed by atoms with Crippen molar-refractivity contribution in [2.45, 2.75) is 6.92 Å². The fourth-order valence-corrected chi connectivity index (χ4v) is 2.54. The van der Waals surface area contributed by atoms with Gasteiger partial charge in [0, 0.05) is 18.0 Å². The fourth-order valence-electron chi connectivity index (χ4n) is 2.54. The molecule has 0 aliphatic carbocycles. The Hall–Kier alpha value is -3.81. The standard InChI is InChI=1S/C21H17F2N3O3/c1-2-29-21(28)16-5-3-4-6-19(16)25-15-9-13(11-24-12-15)20(27)26-14-7-8-17(22)18(23)10-14/h3-12,25H,2H2,1H3,(H,26,27). The van der Waals surface area contributed by atoms with E-state index in [0.717, 1.165) is 12.1 Å². The summed E-state index contributed by atoms with van der Waals surface area (Å²) in [6, 6.07) is 11.4. The summed E-state index contributed by atoms with van der Waals surface area (Å²) in [5.74, 6) is -3.09. The number of ether oxygens (including phenoxy) is 1. The first kappa shape index (κ1) is 19.9. The highest BCUT2D eigenvalue weighted by Gasteiger charge is 2.14. The summed E-state index contributed by atoms with van der Waals surface area (Å²) in [6.45, 7) is 1.96. The van der Waals surface area contributed by atoms with Gasteiger partial charge in [0.25, 0.3) is 5.91 Å². The molecule has 3 aromatic rings. The predicted molar refractivity (Wildman–Crippen MR) is 104 cm³/mol. The molecule has 29 heavy (non-hydrogen) atoms. The average Bonchev–Trinajstić information content (AvgIpc) is 2.71. The van der Waals surface area contributed by atoms with Gasteiger partial charge >= 0.3 is 5.97 Å². The lowest BCUT2D eigenvalue weighted by atomic mass is 10.1. The summed E-state index contributed by atoms with van der Waals surface area (Å²) in [6.07, 6.45) is 2.81. The molecule has 0 saturated carbocycles. The van der Waals surface area contributed by atoms with E-state index in [-0.39, 0.29) is 17.9 Å². The minimum atomic E-state index is -1.06. The minimum Gasteiger partial charge on any atom is -0.462 e. The van der Waals surface area contributed by atoms with E-state index in [0.29, 0.717) is 16.9 Å². The molecule has 0 radical (unpaired) electrons. The zero-order valence-electron chi connectivity index (χ0n) is 15.4. The second-order valence-corrected chi connectivity index (χ2v) is 5.94. The second kappa shape index (κ2) is 8.92. The van der Waals surface area contributed by atoms with Crippen LogP contribution in [-0.2, 0) is 4.74 Å². The molecule has 6 nitrogen and oxygen atoms in total. The Kier molecular flexibility index (Phi) is 6.13. The smallest absolute Gasteiger partial charge is 0.340 e. The molecule has 2 aromatic carbocycles. The molecule has 0 fully saturated rings. The van der Waals surface area contributed by atoms with Gasteiger partial charge < -0.3 is 15.4 Å². The van der Waals surface area contributed by atoms with Gasteiger partial charge in [-0.25, -0.2) is 13.6 Å². The second-order valence-electron chi connectivity index (χ2n) is 5.94. The maximum Gasteiger partial charge on any atom is 0.340 e. The zero-order valence-corrected chi connectivity index (χ0v) is 15.4. The van der Waals surface area contributed by atoms with Crippen LogP contribution in [0, 0.1) is 11.6 Å². The van der Waals surface area contributed by atoms with Crippen LogP contribution in [0.4, 0.5) is 25.8 Å². The van der Waals surface area contributed by atoms with E-state index in [1.165, 1.54) is 24.5 Å². The van der Waals surface area contributed by atoms with E-state index in [1.807, 2.05) is 0 Å². The number of amides is 1. The van der Waals surface area contributed by atoms with Gasteiger partial charge in [0.1, 0.15) is 0 Å². The van der Waals surface area contributed by atoms with Crippen LogP contribution in [0.3, 0.4) is 0 Å². The summed E-state index contributed by atoms with van der Waals surface area (Å²) >= 11 is 0. The number of halogens is 2. The quantitative estimate of drug-likeness (QED) is 0.598. The molecule has 0 aliphatic heterocycles. The van der Waals surface area contributed by atoms with Crippen molar-refractivity contribution >= 4 is 28.9 Å². The topological polar surface area (TPSA) is 80.3 Å². The van der Waals surface area contributed by atoms with Gasteiger partial charge in [-0.3, -0.25) is 9.78 Å². The molecule has 3 rings (SSSR count). The van der Waals surface area contributed by atoms with Crippen LogP contribution in [0.15, 0.2) is 60.9 Å². The van der Waals surface area contributed by atoms with E-state index in [9.17, 15) is 18.4 Å². The number of hydrogen-bond acceptors (Lipinski definition) is 5. The lowest BCUT2D eigenvalue weighted by Crippen LogP contribution is -2.13. The number of esters is 1. The molecule has 0 aliphatic rings. The highest BCUT2D eigenvalue weighted by molar-refractivity contribution is 6.04. The molecule has 0 unspecified atom stereocenters. The number of benzene rings is 2. The van der Waals surface area contributed by atoms with E-state index < -0.39 is 23.5 Å². The third kappa shape index (κ3) is 4.92. The van der Waals surface area contributed by atoms with Gasteiger partial charge in [-0.2, -0.15) is 0 Å². The van der Waals surface area contributed by atoms with Gasteiger partial charge in [-0.1, -0.05) is 12.1 Å². The van der Waals surface area contributed by atoms with Gasteiger partial charge in [0.2, 0.25) is 0 Å². The van der Waals surface area contributed by atoms with Crippen molar-refractivity contribution < 1.29 is 23.1 Å². The number of hydrogen-bond donors (Lipinski definition) is 2. The molecule has 0 spiro atoms. The maximum absolute atomic E-state index is 13.3. The highest BCUT2D eigenvalue weighted by atomic mass is 19.2. The van der Waals surface area contributed by atoms with Crippen LogP contribution < -0.4 is 10.6 Å². The Balaban J connectivity index is 1.79. The van der Waals surface area contributed by atoms with Crippen molar-refractivity contribution in [3.8, 4) is 0 Å². The zero-order chi connectivity index (χ0) is 20.8. The molecule has 0 saturated heterocycles. The molecule has 1 amide bonds. The Morgan fingerprint density at radius 3 is 2.55 bits per heavy atom. The average molecular weight is 397 g/mol. The summed E-state index contributed by atoms with van der Waals surface area (Å²) < 4.78 is 31.4. The normalized spacial score (nSPS) is 10.3. The van der Waals surface area contributed by atoms with Crippen molar-refractivity contribution in [2.75, 3.05) is 17.2 Å². The van der Waals surface area contributed by atoms with Crippen LogP contribution in [-0.4, -0.2) is 23.5 Å². The Labute approximate surface area is 165 Å². The van der Waals surface area contributed by atoms with Gasteiger partial charge in [0.15, 0.2) is 11.6 Å². The summed E-state index contributed by atoms with van der Waals surface area (Å²) in [5, 5.41) is 5.51. The van der Waals surface area contributed by atoms with E-state index in [2.05, 4.69) is 15.6 Å². The molecule has 148 valence electrons. The molecule has 0 atom stereocenters. The highest BCUT2D eigenvalue weighted by Crippen LogP contribution is 2.22. The first-order valence-electron chi connectivity index (χ1n) is 8.72. The number of nitrogens with one attached hydrogen (secondary N) is 2. The maximum atomic E-state index is 13.3. The van der Waals surface area contributed by atoms with Gasteiger partial charge in [-0.15, -0.1) is 0 Å². The summed E-state index contributed by atoms with van der Waals surface area (Å²) in [7, 11) is 0. The van der Waals surface area contributed by atoms with E-state index >= 15 is 0 Å². The fraction of sp³-hybridized carbons (Fsp3) is 0.0952. The lowest BCUT2D eigenvalue weighted by Gasteiger charge is -2.12. The molecule has 8 heteroatoms. The largest absolute Gasteiger partial charge is 0.462 e. The Morgan fingerprint density at radius 2 is 1.79 bits per heavy atom. The number of anilines is 3. The van der Waals surface area contributed by atoms with Crippen LogP contribution in [0.1, 0.15) is 27.6 Å². The van der Waals surface area contributed by atoms with Gasteiger partial charge in [0.05, 0.1) is 35.3 Å². The SMILES string of the molecule is CCOC(=O)c1ccccc1Nc1cncc(C(=O)Nc2ccc(F)c(F)c2)c1. The molecule has 1 heterocycles. The van der Waals surface area contributed by atoms with Crippen LogP contribution in [0.5, 0.6) is 0 Å². The molecular weight excluding hydrogens is 380 g/mol. The number of carbonyl (C=O) groups excluding carboxylic acids is 2. The molecule has 2 N–H and O–H groups in total. The number of rotatable bonds is 6. The van der Waals surface area contributed by atoms with E-state index in [4.69, 9.17) is 4.74 Å². The summed E-state index contributed by atoms with van der Waals surface area (Å²) in [4.78, 5) is 28.5. The minimum absolute atomic E-state index is 0.111. The number of aromatic nitrogens is 1. The Morgan fingerprint density at radius 1 is 1.00 bits per heavy atom. The third-order valence-corrected chi connectivity index (χ3v) is 3.88. The third-order valence-electron chi connectivity index (χ3n) is 3.88. The number of carbonyl (C=O) groups is 2.